The second-order valence-corrected chi connectivity index (χ2v) is 16.0. The molecule has 0 aliphatic rings. The van der Waals surface area contributed by atoms with E-state index in [2.05, 4.69) is 241 Å². The van der Waals surface area contributed by atoms with Crippen LogP contribution in [0.25, 0.3) is 98.0 Å². The lowest BCUT2D eigenvalue weighted by Gasteiger charge is -2.28. The van der Waals surface area contributed by atoms with Gasteiger partial charge in [0.1, 0.15) is 0 Å². The Balaban J connectivity index is 1.07. The Morgan fingerprint density at radius 1 is 0.230 bits per heavy atom. The Hall–Kier alpha value is -8.00. The predicted molar refractivity (Wildman–Crippen MR) is 262 cm³/mol. The third-order valence-corrected chi connectivity index (χ3v) is 12.6. The fourth-order valence-electron chi connectivity index (χ4n) is 9.77. The van der Waals surface area contributed by atoms with Crippen molar-refractivity contribution in [3.63, 3.8) is 0 Å². The third kappa shape index (κ3) is 5.86. The average molecular weight is 774 g/mol. The molecule has 1 heteroatoms. The zero-order valence-corrected chi connectivity index (χ0v) is 33.5. The maximum absolute atomic E-state index is 2.44. The van der Waals surface area contributed by atoms with E-state index in [0.29, 0.717) is 0 Å². The highest BCUT2D eigenvalue weighted by molar-refractivity contribution is 6.25. The molecule has 0 heterocycles. The fourth-order valence-corrected chi connectivity index (χ4v) is 9.77. The molecule has 0 saturated carbocycles. The Morgan fingerprint density at radius 2 is 0.787 bits per heavy atom. The quantitative estimate of drug-likeness (QED) is 0.152. The summed E-state index contributed by atoms with van der Waals surface area (Å²) in [6.07, 6.45) is 0. The van der Waals surface area contributed by atoms with Crippen LogP contribution in [0.3, 0.4) is 0 Å². The van der Waals surface area contributed by atoms with Crippen molar-refractivity contribution in [2.24, 2.45) is 0 Å². The summed E-state index contributed by atoms with van der Waals surface area (Å²) in [6, 6.07) is 86.9. The van der Waals surface area contributed by atoms with E-state index in [1.807, 2.05) is 0 Å². The van der Waals surface area contributed by atoms with E-state index in [1.165, 1.54) is 98.0 Å². The summed E-state index contributed by atoms with van der Waals surface area (Å²) < 4.78 is 0. The summed E-state index contributed by atoms with van der Waals surface area (Å²) in [7, 11) is 0. The van der Waals surface area contributed by atoms with Crippen molar-refractivity contribution in [1.82, 2.24) is 0 Å². The molecular formula is C60H39N. The molecule has 0 amide bonds. The monoisotopic (exact) mass is 773 g/mol. The van der Waals surface area contributed by atoms with Crippen molar-refractivity contribution in [2.75, 3.05) is 4.90 Å². The molecule has 12 aromatic rings. The Bertz CT molecular complexity index is 3620. The normalized spacial score (nSPS) is 11.6. The lowest BCUT2D eigenvalue weighted by atomic mass is 9.88. The van der Waals surface area contributed by atoms with Gasteiger partial charge in [0.15, 0.2) is 0 Å². The van der Waals surface area contributed by atoms with Crippen LogP contribution in [0.1, 0.15) is 0 Å². The van der Waals surface area contributed by atoms with Crippen molar-refractivity contribution in [1.29, 1.82) is 0 Å². The van der Waals surface area contributed by atoms with Gasteiger partial charge in [0.2, 0.25) is 0 Å². The lowest BCUT2D eigenvalue weighted by molar-refractivity contribution is 1.30. The Morgan fingerprint density at radius 3 is 1.54 bits per heavy atom. The number of benzene rings is 12. The topological polar surface area (TPSA) is 3.24 Å². The number of nitrogens with zero attached hydrogens (tertiary/aromatic N) is 1. The first kappa shape index (κ1) is 35.0. The summed E-state index contributed by atoms with van der Waals surface area (Å²) in [6.45, 7) is 0. The molecule has 12 aromatic carbocycles. The molecule has 0 aliphatic heterocycles. The van der Waals surface area contributed by atoms with Crippen LogP contribution in [0.2, 0.25) is 0 Å². The molecule has 0 aliphatic carbocycles. The van der Waals surface area contributed by atoms with E-state index >= 15 is 0 Å². The van der Waals surface area contributed by atoms with Crippen molar-refractivity contribution in [3.8, 4) is 33.4 Å². The van der Waals surface area contributed by atoms with Crippen molar-refractivity contribution >= 4 is 81.7 Å². The van der Waals surface area contributed by atoms with E-state index in [0.717, 1.165) is 17.1 Å². The number of anilines is 3. The number of hydrogen-bond donors (Lipinski definition) is 0. The molecule has 0 atom stereocenters. The molecule has 284 valence electrons. The van der Waals surface area contributed by atoms with Gasteiger partial charge in [-0.2, -0.15) is 0 Å². The van der Waals surface area contributed by atoms with Crippen molar-refractivity contribution in [3.05, 3.63) is 237 Å². The number of hydrogen-bond acceptors (Lipinski definition) is 1. The summed E-state index contributed by atoms with van der Waals surface area (Å²) in [4.78, 5) is 2.44. The second-order valence-electron chi connectivity index (χ2n) is 16.0. The second kappa shape index (κ2) is 14.4. The third-order valence-electron chi connectivity index (χ3n) is 12.6. The molecule has 0 bridgehead atoms. The van der Waals surface area contributed by atoms with Crippen LogP contribution in [0, 0.1) is 0 Å². The molecule has 0 unspecified atom stereocenters. The molecule has 61 heavy (non-hydrogen) atoms. The van der Waals surface area contributed by atoms with Gasteiger partial charge in [0.05, 0.1) is 5.69 Å². The Labute approximate surface area is 355 Å². The maximum Gasteiger partial charge on any atom is 0.0540 e. The zero-order chi connectivity index (χ0) is 40.3. The molecule has 0 aromatic heterocycles. The number of fused-ring (bicyclic) bond motifs is 9. The molecule has 0 spiro atoms. The molecule has 12 rings (SSSR count). The van der Waals surface area contributed by atoms with E-state index < -0.39 is 0 Å². The van der Waals surface area contributed by atoms with E-state index in [-0.39, 0.29) is 0 Å². The molecule has 1 nitrogen and oxygen atoms in total. The van der Waals surface area contributed by atoms with Crippen LogP contribution >= 0.6 is 0 Å². The molecule has 0 radical (unpaired) electrons. The number of rotatable bonds is 6. The van der Waals surface area contributed by atoms with Gasteiger partial charge < -0.3 is 4.90 Å². The highest BCUT2D eigenvalue weighted by Gasteiger charge is 2.20. The molecule has 0 saturated heterocycles. The van der Waals surface area contributed by atoms with Crippen LogP contribution in [-0.4, -0.2) is 0 Å². The van der Waals surface area contributed by atoms with Crippen molar-refractivity contribution in [2.45, 2.75) is 0 Å². The van der Waals surface area contributed by atoms with Crippen LogP contribution in [0.15, 0.2) is 237 Å². The maximum atomic E-state index is 2.44. The van der Waals surface area contributed by atoms with Crippen LogP contribution in [0.4, 0.5) is 17.1 Å². The van der Waals surface area contributed by atoms with Crippen LogP contribution < -0.4 is 4.90 Å². The standard InChI is InChI=1S/C60H39N/c1-2-15-40(16-3-1)43-20-14-21-47(37-43)61(46-32-29-42(30-33-46)57-38-44-18-5-7-22-48(44)51-25-10-11-27-53(51)57)59-36-35-54(52-26-12-13-28-55(52)59)58-39-45-19-6-9-24-50(45)60-49-23-8-4-17-41(49)31-34-56(58)60/h1-39H. The van der Waals surface area contributed by atoms with Gasteiger partial charge in [0.25, 0.3) is 0 Å². The van der Waals surface area contributed by atoms with E-state index in [9.17, 15) is 0 Å². The highest BCUT2D eigenvalue weighted by atomic mass is 15.1. The van der Waals surface area contributed by atoms with Gasteiger partial charge in [-0.3, -0.25) is 0 Å². The zero-order valence-electron chi connectivity index (χ0n) is 33.5. The smallest absolute Gasteiger partial charge is 0.0540 e. The SMILES string of the molecule is c1ccc(-c2cccc(N(c3ccc(-c4cc5ccccc5c5ccccc45)cc3)c3ccc(-c4cc5ccccc5c5c4ccc4ccccc45)c4ccccc34)c2)cc1. The minimum absolute atomic E-state index is 1.10. The van der Waals surface area contributed by atoms with Gasteiger partial charge in [-0.25, -0.2) is 0 Å². The van der Waals surface area contributed by atoms with Gasteiger partial charge in [-0.05, 0) is 135 Å². The first-order chi connectivity index (χ1) is 30.3. The molecule has 0 N–H and O–H groups in total. The molecule has 0 fully saturated rings. The highest BCUT2D eigenvalue weighted by Crippen LogP contribution is 2.46. The average Bonchev–Trinajstić information content (AvgIpc) is 3.34. The summed E-state index contributed by atoms with van der Waals surface area (Å²) >= 11 is 0. The summed E-state index contributed by atoms with van der Waals surface area (Å²) in [5, 5.41) is 15.1. The first-order valence-electron chi connectivity index (χ1n) is 21.1. The minimum Gasteiger partial charge on any atom is -0.310 e. The summed E-state index contributed by atoms with van der Waals surface area (Å²) in [5.41, 5.74) is 10.6. The largest absolute Gasteiger partial charge is 0.310 e. The fraction of sp³-hybridized carbons (Fsp3) is 0. The minimum atomic E-state index is 1.10. The Kier molecular flexibility index (Phi) is 8.25. The van der Waals surface area contributed by atoms with E-state index in [4.69, 9.17) is 0 Å². The van der Waals surface area contributed by atoms with Gasteiger partial charge >= 0.3 is 0 Å². The van der Waals surface area contributed by atoms with Gasteiger partial charge in [0, 0.05) is 16.8 Å². The van der Waals surface area contributed by atoms with E-state index in [1.54, 1.807) is 0 Å². The van der Waals surface area contributed by atoms with Gasteiger partial charge in [-0.1, -0.05) is 194 Å². The van der Waals surface area contributed by atoms with Crippen LogP contribution in [0.5, 0.6) is 0 Å². The van der Waals surface area contributed by atoms with Crippen LogP contribution in [-0.2, 0) is 0 Å². The van der Waals surface area contributed by atoms with Crippen molar-refractivity contribution < 1.29 is 0 Å². The lowest BCUT2D eigenvalue weighted by Crippen LogP contribution is -2.11. The first-order valence-corrected chi connectivity index (χ1v) is 21.1. The van der Waals surface area contributed by atoms with Gasteiger partial charge in [-0.15, -0.1) is 0 Å². The predicted octanol–water partition coefficient (Wildman–Crippen LogP) is 17.1. The summed E-state index contributed by atoms with van der Waals surface area (Å²) in [5.74, 6) is 0. The molecular weight excluding hydrogens is 735 g/mol.